The zero-order chi connectivity index (χ0) is 20.0. The van der Waals surface area contributed by atoms with E-state index < -0.39 is 11.4 Å². The fraction of sp³-hybridized carbons (Fsp3) is 0.650. The van der Waals surface area contributed by atoms with Crippen molar-refractivity contribution >= 4 is 5.97 Å². The number of hydrogen-bond donors (Lipinski definition) is 2. The second-order valence-electron chi connectivity index (χ2n) is 8.41. The van der Waals surface area contributed by atoms with Crippen molar-refractivity contribution in [3.05, 3.63) is 29.3 Å². The Kier molecular flexibility index (Phi) is 8.62. The summed E-state index contributed by atoms with van der Waals surface area (Å²) in [6, 6.07) is 5.79. The van der Waals surface area contributed by atoms with Gasteiger partial charge in [0.15, 0.2) is 5.75 Å². The molecule has 0 atom stereocenters. The van der Waals surface area contributed by atoms with Crippen molar-refractivity contribution in [2.24, 2.45) is 10.8 Å². The van der Waals surface area contributed by atoms with Crippen molar-refractivity contribution in [3.8, 4) is 5.75 Å². The number of carbonyl (C=O) groups is 1. The summed E-state index contributed by atoms with van der Waals surface area (Å²) >= 11 is 0. The summed E-state index contributed by atoms with van der Waals surface area (Å²) < 4.78 is 0. The Morgan fingerprint density at radius 1 is 0.960 bits per heavy atom. The molecule has 0 radical (unpaired) electrons. The first kappa shape index (κ1) is 23.4. The maximum absolute atomic E-state index is 11.0. The summed E-state index contributed by atoms with van der Waals surface area (Å²) in [4.78, 5) is 19.1. The number of rotatable bonds is 4. The summed E-state index contributed by atoms with van der Waals surface area (Å²) in [6.07, 6.45) is 0. The second kappa shape index (κ2) is 9.20. The highest BCUT2D eigenvalue weighted by molar-refractivity contribution is 5.76. The summed E-state index contributed by atoms with van der Waals surface area (Å²) in [7, 11) is 0. The molecule has 0 saturated carbocycles. The van der Waals surface area contributed by atoms with Gasteiger partial charge in [-0.15, -0.1) is 0 Å². The summed E-state index contributed by atoms with van der Waals surface area (Å²) in [5.41, 5.74) is 1.46. The van der Waals surface area contributed by atoms with Gasteiger partial charge in [-0.05, 0) is 42.7 Å². The fourth-order valence-electron chi connectivity index (χ4n) is 2.18. The molecule has 0 unspecified atom stereocenters. The smallest absolute Gasteiger partial charge is 0.340 e. The van der Waals surface area contributed by atoms with Crippen molar-refractivity contribution in [1.82, 2.24) is 0 Å². The second-order valence-corrected chi connectivity index (χ2v) is 8.41. The Morgan fingerprint density at radius 3 is 1.76 bits per heavy atom. The molecule has 144 valence electrons. The van der Waals surface area contributed by atoms with Gasteiger partial charge in [-0.1, -0.05) is 60.6 Å². The van der Waals surface area contributed by atoms with Gasteiger partial charge < -0.3 is 9.78 Å². The average Bonchev–Trinajstić information content (AvgIpc) is 2.52. The van der Waals surface area contributed by atoms with Gasteiger partial charge in [-0.2, -0.15) is 5.26 Å². The Labute approximate surface area is 151 Å². The fourth-order valence-corrected chi connectivity index (χ4v) is 2.18. The Bertz CT molecular complexity index is 554. The lowest BCUT2D eigenvalue weighted by molar-refractivity contribution is -0.248. The molecule has 0 aromatic heterocycles. The van der Waals surface area contributed by atoms with Crippen LogP contribution in [0.3, 0.4) is 0 Å². The van der Waals surface area contributed by atoms with E-state index in [1.165, 1.54) is 5.56 Å². The van der Waals surface area contributed by atoms with Crippen molar-refractivity contribution in [3.63, 3.8) is 0 Å². The van der Waals surface area contributed by atoms with Gasteiger partial charge in [0, 0.05) is 5.56 Å². The van der Waals surface area contributed by atoms with E-state index >= 15 is 0 Å². The van der Waals surface area contributed by atoms with Crippen LogP contribution in [0, 0.1) is 10.8 Å². The normalized spacial score (nSPS) is 11.9. The van der Waals surface area contributed by atoms with Crippen LogP contribution in [0.1, 0.15) is 85.3 Å². The molecule has 0 aliphatic heterocycles. The molecule has 1 rings (SSSR count). The number of benzene rings is 1. The third-order valence-electron chi connectivity index (χ3n) is 4.87. The van der Waals surface area contributed by atoms with Crippen LogP contribution in [0.5, 0.6) is 5.75 Å². The predicted octanol–water partition coefficient (Wildman–Crippen LogP) is 5.86. The summed E-state index contributed by atoms with van der Waals surface area (Å²) in [6.45, 7) is 17.7. The van der Waals surface area contributed by atoms with Gasteiger partial charge in [-0.3, -0.25) is 0 Å². The van der Waals surface area contributed by atoms with Crippen LogP contribution < -0.4 is 4.89 Å². The lowest BCUT2D eigenvalue weighted by Crippen LogP contribution is -2.38. The van der Waals surface area contributed by atoms with E-state index in [1.807, 2.05) is 26.8 Å². The van der Waals surface area contributed by atoms with Gasteiger partial charge in [0.2, 0.25) is 0 Å². The van der Waals surface area contributed by atoms with E-state index in [0.29, 0.717) is 17.6 Å². The molecule has 0 spiro atoms. The first-order valence-corrected chi connectivity index (χ1v) is 8.61. The molecule has 0 bridgehead atoms. The van der Waals surface area contributed by atoms with E-state index in [9.17, 15) is 4.79 Å². The van der Waals surface area contributed by atoms with Gasteiger partial charge in [0.05, 0.1) is 5.41 Å². The highest BCUT2D eigenvalue weighted by Crippen LogP contribution is 2.38. The molecule has 5 nitrogen and oxygen atoms in total. The lowest BCUT2D eigenvalue weighted by atomic mass is 9.69. The molecule has 0 aliphatic carbocycles. The van der Waals surface area contributed by atoms with Crippen molar-refractivity contribution in [2.45, 2.75) is 74.1 Å². The van der Waals surface area contributed by atoms with Crippen LogP contribution in [0.25, 0.3) is 0 Å². The molecule has 0 aliphatic rings. The quantitative estimate of drug-likeness (QED) is 0.523. The zero-order valence-electron chi connectivity index (χ0n) is 17.0. The van der Waals surface area contributed by atoms with Crippen molar-refractivity contribution in [2.75, 3.05) is 0 Å². The average molecular weight is 354 g/mol. The largest absolute Gasteiger partial charge is 0.348 e. The predicted molar refractivity (Wildman–Crippen MR) is 99.8 cm³/mol. The van der Waals surface area contributed by atoms with Crippen LogP contribution in [0.15, 0.2) is 18.2 Å². The number of carbonyl (C=O) groups excluding carboxylic acids is 1. The Hall–Kier alpha value is -1.59. The van der Waals surface area contributed by atoms with E-state index in [-0.39, 0.29) is 5.41 Å². The minimum atomic E-state index is -0.665. The van der Waals surface area contributed by atoms with Gasteiger partial charge in [-0.25, -0.2) is 10.1 Å². The van der Waals surface area contributed by atoms with Crippen LogP contribution in [0.4, 0.5) is 0 Å². The molecule has 0 heterocycles. The maximum atomic E-state index is 11.0. The summed E-state index contributed by atoms with van der Waals surface area (Å²) in [5.74, 6) is 0.787. The van der Waals surface area contributed by atoms with Gasteiger partial charge in [0.1, 0.15) is 0 Å². The topological polar surface area (TPSA) is 76.0 Å². The van der Waals surface area contributed by atoms with E-state index in [4.69, 9.17) is 10.5 Å². The SMILES string of the molecule is CC(C)(C)C(C)(C)C(=O)OO.CC(C)c1cccc(OO)c1C(C)C. The molecule has 25 heavy (non-hydrogen) atoms. The maximum Gasteiger partial charge on any atom is 0.348 e. The standard InChI is InChI=1S/C12H18O2.C8H16O3/c1-8(2)10-6-5-7-11(14-13)12(10)9(3)4;1-7(2,3)8(4,5)6(9)11-10/h5-9,13H,1-4H3;10H,1-5H3. The third kappa shape index (κ3) is 6.01. The molecule has 1 aromatic carbocycles. The van der Waals surface area contributed by atoms with Crippen molar-refractivity contribution in [1.29, 1.82) is 0 Å². The molecule has 0 saturated heterocycles. The molecule has 5 heteroatoms. The highest BCUT2D eigenvalue weighted by atomic mass is 17.1. The lowest BCUT2D eigenvalue weighted by Gasteiger charge is -2.34. The molecule has 1 aromatic rings. The molecule has 0 amide bonds. The highest BCUT2D eigenvalue weighted by Gasteiger charge is 2.41. The van der Waals surface area contributed by atoms with E-state index in [1.54, 1.807) is 19.9 Å². The monoisotopic (exact) mass is 354 g/mol. The van der Waals surface area contributed by atoms with Crippen LogP contribution >= 0.6 is 0 Å². The Morgan fingerprint density at radius 2 is 1.48 bits per heavy atom. The van der Waals surface area contributed by atoms with Crippen LogP contribution in [-0.4, -0.2) is 16.5 Å². The van der Waals surface area contributed by atoms with Crippen LogP contribution in [0.2, 0.25) is 0 Å². The van der Waals surface area contributed by atoms with Gasteiger partial charge in [0.25, 0.3) is 0 Å². The summed E-state index contributed by atoms with van der Waals surface area (Å²) in [5, 5.41) is 17.0. The molecular weight excluding hydrogens is 320 g/mol. The van der Waals surface area contributed by atoms with Crippen LogP contribution in [-0.2, 0) is 9.68 Å². The first-order valence-electron chi connectivity index (χ1n) is 8.61. The first-order chi connectivity index (χ1) is 11.3. The minimum Gasteiger partial charge on any atom is -0.340 e. The van der Waals surface area contributed by atoms with E-state index in [0.717, 1.165) is 5.56 Å². The molecule has 2 N–H and O–H groups in total. The zero-order valence-corrected chi connectivity index (χ0v) is 17.0. The third-order valence-corrected chi connectivity index (χ3v) is 4.87. The van der Waals surface area contributed by atoms with Gasteiger partial charge >= 0.3 is 5.97 Å². The molecular formula is C20H34O5. The van der Waals surface area contributed by atoms with Crippen molar-refractivity contribution < 1.29 is 25.1 Å². The Balaban J connectivity index is 0.000000477. The minimum absolute atomic E-state index is 0.215. The number of hydrogen-bond acceptors (Lipinski definition) is 5. The molecule has 0 fully saturated rings. The van der Waals surface area contributed by atoms with E-state index in [2.05, 4.69) is 43.5 Å².